The van der Waals surface area contributed by atoms with Crippen molar-refractivity contribution in [2.24, 2.45) is 0 Å². The van der Waals surface area contributed by atoms with E-state index < -0.39 is 8.32 Å². The first-order valence-electron chi connectivity index (χ1n) is 10.8. The molecule has 158 valence electrons. The molecule has 30 heavy (non-hydrogen) atoms. The predicted molar refractivity (Wildman–Crippen MR) is 123 cm³/mol. The Morgan fingerprint density at radius 1 is 1.03 bits per heavy atom. The highest BCUT2D eigenvalue weighted by Crippen LogP contribution is 2.41. The first-order chi connectivity index (χ1) is 14.4. The zero-order chi connectivity index (χ0) is 21.4. The van der Waals surface area contributed by atoms with Gasteiger partial charge in [-0.25, -0.2) is 4.79 Å². The van der Waals surface area contributed by atoms with Crippen LogP contribution in [0.1, 0.15) is 34.1 Å². The highest BCUT2D eigenvalue weighted by atomic mass is 28.4. The third kappa shape index (κ3) is 3.77. The summed E-state index contributed by atoms with van der Waals surface area (Å²) in [5.41, 5.74) is 0.728. The lowest BCUT2D eigenvalue weighted by molar-refractivity contribution is -0.139. The lowest BCUT2D eigenvalue weighted by Gasteiger charge is -2.45. The van der Waals surface area contributed by atoms with Crippen LogP contribution in [0.3, 0.4) is 0 Å². The minimum atomic E-state index is -2.65. The molecule has 0 unspecified atom stereocenters. The van der Waals surface area contributed by atoms with Crippen LogP contribution in [0, 0.1) is 0 Å². The Morgan fingerprint density at radius 2 is 1.60 bits per heavy atom. The normalized spacial score (nSPS) is 23.3. The average molecular weight is 422 g/mol. The van der Waals surface area contributed by atoms with Crippen LogP contribution in [0.15, 0.2) is 72.3 Å². The fourth-order valence-electron chi connectivity index (χ4n) is 4.69. The highest BCUT2D eigenvalue weighted by molar-refractivity contribution is 6.99. The third-order valence-electron chi connectivity index (χ3n) is 6.15. The van der Waals surface area contributed by atoms with Crippen LogP contribution in [0.2, 0.25) is 5.04 Å². The minimum absolute atomic E-state index is 0.0642. The second-order valence-corrected chi connectivity index (χ2v) is 13.4. The summed E-state index contributed by atoms with van der Waals surface area (Å²) in [6.07, 6.45) is 2.54. The Morgan fingerprint density at radius 3 is 2.10 bits per heavy atom. The van der Waals surface area contributed by atoms with Crippen molar-refractivity contribution < 1.29 is 14.0 Å². The van der Waals surface area contributed by atoms with Crippen molar-refractivity contribution in [3.8, 4) is 0 Å². The van der Waals surface area contributed by atoms with Crippen LogP contribution in [0.25, 0.3) is 0 Å². The molecule has 0 spiro atoms. The van der Waals surface area contributed by atoms with E-state index in [0.717, 1.165) is 5.57 Å². The molecule has 0 radical (unpaired) electrons. The van der Waals surface area contributed by atoms with Crippen LogP contribution >= 0.6 is 0 Å². The summed E-state index contributed by atoms with van der Waals surface area (Å²) >= 11 is 0. The molecule has 1 fully saturated rings. The van der Waals surface area contributed by atoms with Crippen molar-refractivity contribution in [3.63, 3.8) is 0 Å². The molecule has 1 aliphatic heterocycles. The average Bonchev–Trinajstić information content (AvgIpc) is 3.52. The molecule has 1 saturated heterocycles. The van der Waals surface area contributed by atoms with Gasteiger partial charge in [-0.2, -0.15) is 0 Å². The largest absolute Gasteiger partial charge is 0.463 e. The summed E-state index contributed by atoms with van der Waals surface area (Å²) in [5, 5.41) is 5.92. The molecule has 0 aromatic heterocycles. The summed E-state index contributed by atoms with van der Waals surface area (Å²) in [4.78, 5) is 12.4. The minimum Gasteiger partial charge on any atom is -0.463 e. The summed E-state index contributed by atoms with van der Waals surface area (Å²) < 4.78 is 12.5. The molecule has 5 heteroatoms. The number of carbonyl (C=O) groups is 1. The van der Waals surface area contributed by atoms with Crippen molar-refractivity contribution in [1.29, 1.82) is 0 Å². The number of fused-ring (bicyclic) bond motifs is 1. The van der Waals surface area contributed by atoms with E-state index in [1.165, 1.54) is 10.4 Å². The van der Waals surface area contributed by atoms with Gasteiger partial charge in [0.2, 0.25) is 0 Å². The molecule has 2 aromatic rings. The van der Waals surface area contributed by atoms with Crippen molar-refractivity contribution >= 4 is 24.7 Å². The number of ether oxygens (including phenoxy) is 1. The number of esters is 1. The standard InChI is InChI=1S/C25H31NO3Si/c1-5-28-24(27)18-16-21-23(26-21)22(17-18)29-30(25(2,3)4,19-12-8-6-9-13-19)20-14-10-7-11-15-20/h6-16,21-23,26H,5,17H2,1-4H3/t21-,22+,23+/m0/s1. The first kappa shape index (κ1) is 21.0. The van der Waals surface area contributed by atoms with Gasteiger partial charge in [-0.3, -0.25) is 0 Å². The van der Waals surface area contributed by atoms with E-state index in [4.69, 9.17) is 9.16 Å². The van der Waals surface area contributed by atoms with Gasteiger partial charge in [0.1, 0.15) is 0 Å². The van der Waals surface area contributed by atoms with Gasteiger partial charge < -0.3 is 14.5 Å². The zero-order valence-corrected chi connectivity index (χ0v) is 19.2. The molecule has 0 saturated carbocycles. The Kier molecular flexibility index (Phi) is 5.71. The molecular formula is C25H31NO3Si. The van der Waals surface area contributed by atoms with E-state index in [0.29, 0.717) is 13.0 Å². The second-order valence-electron chi connectivity index (χ2n) is 9.15. The number of carbonyl (C=O) groups excluding carboxylic acids is 1. The van der Waals surface area contributed by atoms with Gasteiger partial charge in [-0.15, -0.1) is 0 Å². The van der Waals surface area contributed by atoms with Crippen LogP contribution < -0.4 is 15.7 Å². The summed E-state index contributed by atoms with van der Waals surface area (Å²) in [7, 11) is -2.65. The van der Waals surface area contributed by atoms with Crippen molar-refractivity contribution in [2.45, 2.75) is 57.3 Å². The van der Waals surface area contributed by atoms with Crippen molar-refractivity contribution in [2.75, 3.05) is 6.61 Å². The lowest BCUT2D eigenvalue weighted by atomic mass is 9.97. The first-order valence-corrected chi connectivity index (χ1v) is 12.7. The Balaban J connectivity index is 1.77. The number of hydrogen-bond acceptors (Lipinski definition) is 4. The molecule has 2 aliphatic rings. The van der Waals surface area contributed by atoms with Gasteiger partial charge in [-0.1, -0.05) is 87.5 Å². The molecule has 4 nitrogen and oxygen atoms in total. The van der Waals surface area contributed by atoms with Crippen molar-refractivity contribution in [3.05, 3.63) is 72.3 Å². The maximum Gasteiger partial charge on any atom is 0.333 e. The third-order valence-corrected chi connectivity index (χ3v) is 11.2. The van der Waals surface area contributed by atoms with Crippen molar-refractivity contribution in [1.82, 2.24) is 5.32 Å². The van der Waals surface area contributed by atoms with E-state index in [1.807, 2.05) is 13.0 Å². The van der Waals surface area contributed by atoms with Gasteiger partial charge in [0.15, 0.2) is 0 Å². The molecule has 1 N–H and O–H groups in total. The zero-order valence-electron chi connectivity index (χ0n) is 18.2. The summed E-state index contributed by atoms with van der Waals surface area (Å²) in [6, 6.07) is 21.7. The molecule has 4 rings (SSSR count). The molecular weight excluding hydrogens is 390 g/mol. The van der Waals surface area contributed by atoms with E-state index >= 15 is 0 Å². The monoisotopic (exact) mass is 421 g/mol. The molecule has 0 amide bonds. The Hall–Kier alpha value is -2.21. The summed E-state index contributed by atoms with van der Waals surface area (Å²) in [5.74, 6) is -0.222. The smallest absolute Gasteiger partial charge is 0.333 e. The summed E-state index contributed by atoms with van der Waals surface area (Å²) in [6.45, 7) is 9.07. The number of hydrogen-bond donors (Lipinski definition) is 1. The maximum atomic E-state index is 12.4. The van der Waals surface area contributed by atoms with Gasteiger partial charge in [-0.05, 0) is 22.3 Å². The van der Waals surface area contributed by atoms with Gasteiger partial charge >= 0.3 is 5.97 Å². The van der Waals surface area contributed by atoms with E-state index in [1.54, 1.807) is 0 Å². The molecule has 1 aliphatic carbocycles. The lowest BCUT2D eigenvalue weighted by Crippen LogP contribution is -2.68. The number of benzene rings is 2. The Bertz CT molecular complexity index is 881. The quantitative estimate of drug-likeness (QED) is 0.442. The molecule has 2 aromatic carbocycles. The fraction of sp³-hybridized carbons (Fsp3) is 0.400. The van der Waals surface area contributed by atoms with Gasteiger partial charge in [0.05, 0.1) is 18.8 Å². The van der Waals surface area contributed by atoms with Crippen LogP contribution in [-0.2, 0) is 14.0 Å². The number of nitrogens with one attached hydrogen (secondary N) is 1. The topological polar surface area (TPSA) is 57.5 Å². The van der Waals surface area contributed by atoms with Crippen LogP contribution in [0.5, 0.6) is 0 Å². The van der Waals surface area contributed by atoms with Crippen LogP contribution in [-0.4, -0.2) is 39.1 Å². The SMILES string of the molecule is CCOC(=O)C1=C[C@@H]2N[C@H]2[C@H](O[Si](c2ccccc2)(c2ccccc2)C(C)(C)C)C1. The maximum absolute atomic E-state index is 12.4. The second kappa shape index (κ2) is 8.14. The predicted octanol–water partition coefficient (Wildman–Crippen LogP) is 3.17. The highest BCUT2D eigenvalue weighted by Gasteiger charge is 2.55. The van der Waals surface area contributed by atoms with E-state index in [-0.39, 0.29) is 29.2 Å². The molecule has 3 atom stereocenters. The van der Waals surface area contributed by atoms with Crippen LogP contribution in [0.4, 0.5) is 0 Å². The van der Waals surface area contributed by atoms with E-state index in [9.17, 15) is 4.79 Å². The van der Waals surface area contributed by atoms with Gasteiger partial charge in [0.25, 0.3) is 8.32 Å². The van der Waals surface area contributed by atoms with Gasteiger partial charge in [0, 0.05) is 18.0 Å². The molecule has 1 heterocycles. The number of rotatable bonds is 6. The van der Waals surface area contributed by atoms with E-state index in [2.05, 4.69) is 86.8 Å². The Labute approximate surface area is 180 Å². The fourth-order valence-corrected chi connectivity index (χ4v) is 9.39. The molecule has 0 bridgehead atoms.